The minimum atomic E-state index is 1.10. The van der Waals surface area contributed by atoms with Gasteiger partial charge in [-0.25, -0.2) is 0 Å². The Balaban J connectivity index is 2.12. The highest BCUT2D eigenvalue weighted by Gasteiger charge is 2.23. The average molecular weight is 238 g/mol. The topological polar surface area (TPSA) is 17.0 Å². The van der Waals surface area contributed by atoms with E-state index in [9.17, 15) is 0 Å². The summed E-state index contributed by atoms with van der Waals surface area (Å²) in [5.74, 6) is 0. The summed E-state index contributed by atoms with van der Waals surface area (Å²) < 4.78 is 2.52. The number of benzene rings is 1. The normalized spacial score (nSPS) is 17.9. The minimum Gasteiger partial charge on any atom is -0.384 e. The predicted molar refractivity (Wildman–Crippen MR) is 75.6 cm³/mol. The van der Waals surface area contributed by atoms with Gasteiger partial charge < -0.3 is 9.88 Å². The lowest BCUT2D eigenvalue weighted by Crippen LogP contribution is -2.14. The van der Waals surface area contributed by atoms with Crippen LogP contribution in [0.15, 0.2) is 24.3 Å². The molecule has 0 amide bonds. The third-order valence-corrected chi connectivity index (χ3v) is 4.20. The summed E-state index contributed by atoms with van der Waals surface area (Å²) in [6, 6.07) is 6.89. The summed E-state index contributed by atoms with van der Waals surface area (Å²) >= 11 is 0. The molecule has 0 radical (unpaired) electrons. The fourth-order valence-electron chi connectivity index (χ4n) is 3.40. The zero-order chi connectivity index (χ0) is 12.1. The number of allylic oxidation sites excluding steroid dienone is 1. The van der Waals surface area contributed by atoms with Crippen molar-refractivity contribution in [3.63, 3.8) is 0 Å². The van der Waals surface area contributed by atoms with Crippen molar-refractivity contribution in [3.05, 3.63) is 41.1 Å². The number of rotatable bonds is 0. The number of fused-ring (bicyclic) bond motifs is 3. The Bertz CT molecular complexity index is 661. The van der Waals surface area contributed by atoms with Crippen molar-refractivity contribution >= 4 is 16.6 Å². The quantitative estimate of drug-likeness (QED) is 0.745. The number of aromatic nitrogens is 1. The first-order valence-corrected chi connectivity index (χ1v) is 6.91. The van der Waals surface area contributed by atoms with Gasteiger partial charge in [0, 0.05) is 24.0 Å². The number of aryl methyl sites for hydroxylation is 3. The second-order valence-corrected chi connectivity index (χ2v) is 5.44. The fourth-order valence-corrected chi connectivity index (χ4v) is 3.40. The lowest BCUT2D eigenvalue weighted by atomic mass is 9.98. The van der Waals surface area contributed by atoms with Gasteiger partial charge in [0.15, 0.2) is 0 Å². The molecule has 1 aromatic carbocycles. The largest absolute Gasteiger partial charge is 0.384 e. The van der Waals surface area contributed by atoms with E-state index in [0.717, 1.165) is 13.1 Å². The summed E-state index contributed by atoms with van der Waals surface area (Å²) in [6.07, 6.45) is 5.94. The summed E-state index contributed by atoms with van der Waals surface area (Å²) in [4.78, 5) is 0. The average Bonchev–Trinajstić information content (AvgIpc) is 2.56. The van der Waals surface area contributed by atoms with Gasteiger partial charge in [-0.15, -0.1) is 0 Å². The van der Waals surface area contributed by atoms with Crippen molar-refractivity contribution in [2.45, 2.75) is 32.7 Å². The summed E-state index contributed by atoms with van der Waals surface area (Å²) in [7, 11) is 0. The van der Waals surface area contributed by atoms with Gasteiger partial charge in [0.2, 0.25) is 0 Å². The van der Waals surface area contributed by atoms with Crippen molar-refractivity contribution < 1.29 is 0 Å². The number of nitrogens with zero attached hydrogens (tertiary/aromatic N) is 1. The Morgan fingerprint density at radius 2 is 2.22 bits per heavy atom. The molecule has 2 heterocycles. The molecule has 1 aromatic heterocycles. The van der Waals surface area contributed by atoms with E-state index >= 15 is 0 Å². The van der Waals surface area contributed by atoms with Gasteiger partial charge >= 0.3 is 0 Å². The van der Waals surface area contributed by atoms with Crippen LogP contribution in [-0.4, -0.2) is 11.1 Å². The Morgan fingerprint density at radius 1 is 1.28 bits per heavy atom. The van der Waals surface area contributed by atoms with Crippen LogP contribution < -0.4 is 5.32 Å². The third-order valence-electron chi connectivity index (χ3n) is 4.20. The summed E-state index contributed by atoms with van der Waals surface area (Å²) in [5.41, 5.74) is 7.16. The van der Waals surface area contributed by atoms with Crippen LogP contribution in [0.25, 0.3) is 16.6 Å². The molecular weight excluding hydrogens is 220 g/mol. The van der Waals surface area contributed by atoms with E-state index in [2.05, 4.69) is 41.1 Å². The molecule has 2 aromatic rings. The highest BCUT2D eigenvalue weighted by Crippen LogP contribution is 2.35. The van der Waals surface area contributed by atoms with Crippen LogP contribution in [0.2, 0.25) is 0 Å². The molecule has 2 aliphatic rings. The van der Waals surface area contributed by atoms with Crippen molar-refractivity contribution in [1.29, 1.82) is 0 Å². The van der Waals surface area contributed by atoms with Crippen LogP contribution in [0, 0.1) is 6.92 Å². The van der Waals surface area contributed by atoms with Gasteiger partial charge in [0.1, 0.15) is 0 Å². The first-order valence-electron chi connectivity index (χ1n) is 6.91. The highest BCUT2D eigenvalue weighted by atomic mass is 15.1. The van der Waals surface area contributed by atoms with Crippen molar-refractivity contribution in [2.75, 3.05) is 6.54 Å². The van der Waals surface area contributed by atoms with Gasteiger partial charge in [0.05, 0.1) is 11.4 Å². The van der Waals surface area contributed by atoms with E-state index in [0.29, 0.717) is 0 Å². The molecule has 2 nitrogen and oxygen atoms in total. The second kappa shape index (κ2) is 3.64. The van der Waals surface area contributed by atoms with Gasteiger partial charge in [0.25, 0.3) is 0 Å². The van der Waals surface area contributed by atoms with E-state index in [1.165, 1.54) is 47.1 Å². The number of nitrogens with one attached hydrogen (secondary N) is 1. The third kappa shape index (κ3) is 1.29. The van der Waals surface area contributed by atoms with Crippen molar-refractivity contribution in [2.24, 2.45) is 0 Å². The maximum absolute atomic E-state index is 3.60. The van der Waals surface area contributed by atoms with Crippen LogP contribution >= 0.6 is 0 Å². The minimum absolute atomic E-state index is 1.10. The predicted octanol–water partition coefficient (Wildman–Crippen LogP) is 3.23. The van der Waals surface area contributed by atoms with E-state index in [4.69, 9.17) is 0 Å². The molecule has 1 aliphatic heterocycles. The Labute approximate surface area is 107 Å². The summed E-state index contributed by atoms with van der Waals surface area (Å²) in [5, 5.41) is 5.07. The van der Waals surface area contributed by atoms with E-state index in [1.54, 1.807) is 5.56 Å². The molecule has 0 bridgehead atoms. The van der Waals surface area contributed by atoms with Gasteiger partial charge in [-0.2, -0.15) is 0 Å². The molecule has 0 fully saturated rings. The number of hydrogen-bond donors (Lipinski definition) is 1. The standard InChI is InChI=1S/C16H18N2/c1-11-6-7-15-13(10-11)12-4-2-5-14-16(12)18(15)9-3-8-17-14/h5-7,10,17H,2-4,8-9H2,1H3. The SMILES string of the molecule is Cc1ccc2c(c1)c1c3n2CCCNC3=CCC1. The van der Waals surface area contributed by atoms with Gasteiger partial charge in [-0.1, -0.05) is 17.7 Å². The zero-order valence-corrected chi connectivity index (χ0v) is 10.8. The van der Waals surface area contributed by atoms with Gasteiger partial charge in [-0.3, -0.25) is 0 Å². The van der Waals surface area contributed by atoms with Crippen LogP contribution in [0.4, 0.5) is 0 Å². The molecule has 0 saturated heterocycles. The smallest absolute Gasteiger partial charge is 0.0682 e. The molecule has 2 heteroatoms. The highest BCUT2D eigenvalue weighted by molar-refractivity contribution is 5.91. The van der Waals surface area contributed by atoms with E-state index in [-0.39, 0.29) is 0 Å². The Kier molecular flexibility index (Phi) is 2.07. The Hall–Kier alpha value is -1.70. The first kappa shape index (κ1) is 10.2. The van der Waals surface area contributed by atoms with Gasteiger partial charge in [-0.05, 0) is 43.9 Å². The lowest BCUT2D eigenvalue weighted by Gasteiger charge is -2.15. The van der Waals surface area contributed by atoms with Crippen molar-refractivity contribution in [3.8, 4) is 0 Å². The Morgan fingerprint density at radius 3 is 3.17 bits per heavy atom. The monoisotopic (exact) mass is 238 g/mol. The number of hydrogen-bond acceptors (Lipinski definition) is 1. The molecule has 92 valence electrons. The van der Waals surface area contributed by atoms with Crippen LogP contribution in [0.3, 0.4) is 0 Å². The molecule has 0 unspecified atom stereocenters. The summed E-state index contributed by atoms with van der Waals surface area (Å²) in [6.45, 7) is 4.42. The molecule has 4 rings (SSSR count). The maximum Gasteiger partial charge on any atom is 0.0682 e. The van der Waals surface area contributed by atoms with Crippen LogP contribution in [-0.2, 0) is 13.0 Å². The molecule has 1 aliphatic carbocycles. The van der Waals surface area contributed by atoms with Crippen LogP contribution in [0.5, 0.6) is 0 Å². The van der Waals surface area contributed by atoms with Crippen LogP contribution in [0.1, 0.15) is 29.7 Å². The zero-order valence-electron chi connectivity index (χ0n) is 10.8. The fraction of sp³-hybridized carbons (Fsp3) is 0.375. The molecule has 1 N–H and O–H groups in total. The van der Waals surface area contributed by atoms with E-state index in [1.807, 2.05) is 0 Å². The van der Waals surface area contributed by atoms with E-state index < -0.39 is 0 Å². The molecular formula is C16H18N2. The maximum atomic E-state index is 3.60. The second-order valence-electron chi connectivity index (χ2n) is 5.44. The van der Waals surface area contributed by atoms with Crippen molar-refractivity contribution in [1.82, 2.24) is 9.88 Å². The molecule has 0 saturated carbocycles. The molecule has 0 atom stereocenters. The first-order chi connectivity index (χ1) is 8.84. The molecule has 18 heavy (non-hydrogen) atoms. The lowest BCUT2D eigenvalue weighted by molar-refractivity contribution is 0.667. The molecule has 0 spiro atoms.